The van der Waals surface area contributed by atoms with Crippen LogP contribution in [0.3, 0.4) is 0 Å². The van der Waals surface area contributed by atoms with Crippen molar-refractivity contribution in [2.75, 3.05) is 7.11 Å². The number of carbonyl (C=O) groups excluding carboxylic acids is 3. The Morgan fingerprint density at radius 2 is 1.56 bits per heavy atom. The zero-order valence-electron chi connectivity index (χ0n) is 17.8. The number of benzene rings is 3. The van der Waals surface area contributed by atoms with Crippen molar-refractivity contribution >= 4 is 58.2 Å². The third-order valence-electron chi connectivity index (χ3n) is 4.97. The van der Waals surface area contributed by atoms with Crippen LogP contribution in [-0.2, 0) is 11.3 Å². The van der Waals surface area contributed by atoms with E-state index in [1.807, 2.05) is 0 Å². The zero-order valence-corrected chi connectivity index (χ0v) is 20.1. The van der Waals surface area contributed by atoms with Gasteiger partial charge in [-0.25, -0.2) is 4.79 Å². The molecule has 6 nitrogen and oxygen atoms in total. The van der Waals surface area contributed by atoms with Crippen LogP contribution in [0.15, 0.2) is 71.6 Å². The summed E-state index contributed by atoms with van der Waals surface area (Å²) < 4.78 is 10.5. The van der Waals surface area contributed by atoms with Crippen molar-refractivity contribution < 1.29 is 23.9 Å². The number of hydrogen-bond acceptors (Lipinski definition) is 6. The predicted molar refractivity (Wildman–Crippen MR) is 132 cm³/mol. The van der Waals surface area contributed by atoms with Crippen molar-refractivity contribution in [2.45, 2.75) is 6.54 Å². The zero-order chi connectivity index (χ0) is 24.2. The van der Waals surface area contributed by atoms with Gasteiger partial charge in [0, 0.05) is 15.6 Å². The molecule has 9 heteroatoms. The summed E-state index contributed by atoms with van der Waals surface area (Å²) in [6, 6.07) is 18.2. The van der Waals surface area contributed by atoms with Gasteiger partial charge >= 0.3 is 5.97 Å². The Morgan fingerprint density at radius 3 is 2.18 bits per heavy atom. The van der Waals surface area contributed by atoms with Crippen LogP contribution in [0, 0.1) is 0 Å². The summed E-state index contributed by atoms with van der Waals surface area (Å²) in [7, 11) is 1.55. The topological polar surface area (TPSA) is 72.9 Å². The molecule has 172 valence electrons. The van der Waals surface area contributed by atoms with E-state index in [0.717, 1.165) is 16.7 Å². The van der Waals surface area contributed by atoms with Crippen LogP contribution in [-0.4, -0.2) is 29.1 Å². The Bertz CT molecular complexity index is 1270. The van der Waals surface area contributed by atoms with Crippen LogP contribution in [0.1, 0.15) is 21.5 Å². The smallest absolute Gasteiger partial charge is 0.343 e. The fourth-order valence-electron chi connectivity index (χ4n) is 3.15. The normalized spacial score (nSPS) is 14.6. The minimum Gasteiger partial charge on any atom is -0.497 e. The maximum Gasteiger partial charge on any atom is 0.343 e. The van der Waals surface area contributed by atoms with Gasteiger partial charge in [0.2, 0.25) is 0 Å². The first-order valence-electron chi connectivity index (χ1n) is 10.0. The first-order valence-corrected chi connectivity index (χ1v) is 11.6. The average molecular weight is 514 g/mol. The monoisotopic (exact) mass is 513 g/mol. The second-order valence-corrected chi connectivity index (χ2v) is 8.96. The molecule has 0 radical (unpaired) electrons. The van der Waals surface area contributed by atoms with Gasteiger partial charge in [0.05, 0.1) is 24.1 Å². The SMILES string of the molecule is COc1ccc(C(=O)Oc2ccc(/C=C3/SC(=O)N(Cc4c(Cl)cccc4Cl)C3=O)cc2)cc1. The van der Waals surface area contributed by atoms with E-state index in [4.69, 9.17) is 32.7 Å². The number of carbonyl (C=O) groups is 3. The Labute approximate surface area is 210 Å². The molecule has 1 heterocycles. The van der Waals surface area contributed by atoms with Gasteiger partial charge in [-0.2, -0.15) is 0 Å². The Balaban J connectivity index is 1.44. The quantitative estimate of drug-likeness (QED) is 0.214. The Morgan fingerprint density at radius 1 is 0.941 bits per heavy atom. The summed E-state index contributed by atoms with van der Waals surface area (Å²) >= 11 is 13.2. The van der Waals surface area contributed by atoms with Crippen LogP contribution in [0.2, 0.25) is 10.0 Å². The predicted octanol–water partition coefficient (Wildman–Crippen LogP) is 6.46. The van der Waals surface area contributed by atoms with Crippen LogP contribution >= 0.6 is 35.0 Å². The number of thioether (sulfide) groups is 1. The lowest BCUT2D eigenvalue weighted by Crippen LogP contribution is -2.27. The van der Waals surface area contributed by atoms with E-state index in [-0.39, 0.29) is 11.4 Å². The summed E-state index contributed by atoms with van der Waals surface area (Å²) in [4.78, 5) is 38.9. The Kier molecular flexibility index (Phi) is 7.26. The summed E-state index contributed by atoms with van der Waals surface area (Å²) in [6.07, 6.45) is 1.61. The fourth-order valence-corrected chi connectivity index (χ4v) is 4.51. The maximum absolute atomic E-state index is 12.8. The van der Waals surface area contributed by atoms with Crippen LogP contribution in [0.25, 0.3) is 6.08 Å². The van der Waals surface area contributed by atoms with Crippen molar-refractivity contribution in [3.8, 4) is 11.5 Å². The van der Waals surface area contributed by atoms with E-state index < -0.39 is 17.1 Å². The van der Waals surface area contributed by atoms with Gasteiger partial charge < -0.3 is 9.47 Å². The molecule has 3 aromatic rings. The number of hydrogen-bond donors (Lipinski definition) is 0. The van der Waals surface area contributed by atoms with Gasteiger partial charge in [-0.05, 0) is 71.9 Å². The minimum absolute atomic E-state index is 0.0131. The molecule has 0 bridgehead atoms. The molecule has 0 saturated carbocycles. The number of methoxy groups -OCH3 is 1. The number of halogens is 2. The molecule has 34 heavy (non-hydrogen) atoms. The van der Waals surface area contributed by atoms with Gasteiger partial charge in [-0.15, -0.1) is 0 Å². The molecule has 3 aromatic carbocycles. The first-order chi connectivity index (χ1) is 16.4. The van der Waals surface area contributed by atoms with Gasteiger partial charge in [0.15, 0.2) is 0 Å². The molecule has 1 fully saturated rings. The molecule has 0 atom stereocenters. The van der Waals surface area contributed by atoms with Gasteiger partial charge in [-0.1, -0.05) is 41.4 Å². The van der Waals surface area contributed by atoms with E-state index >= 15 is 0 Å². The van der Waals surface area contributed by atoms with E-state index in [1.165, 1.54) is 0 Å². The van der Waals surface area contributed by atoms with Crippen molar-refractivity contribution in [3.63, 3.8) is 0 Å². The first kappa shape index (κ1) is 23.9. The highest BCUT2D eigenvalue weighted by Gasteiger charge is 2.35. The summed E-state index contributed by atoms with van der Waals surface area (Å²) in [5.74, 6) is 0.0514. The molecule has 0 aliphatic carbocycles. The number of ether oxygens (including phenoxy) is 2. The lowest BCUT2D eigenvalue weighted by molar-refractivity contribution is -0.123. The highest BCUT2D eigenvalue weighted by atomic mass is 35.5. The molecule has 1 aliphatic rings. The minimum atomic E-state index is -0.505. The number of esters is 1. The van der Waals surface area contributed by atoms with E-state index in [2.05, 4.69) is 0 Å². The van der Waals surface area contributed by atoms with E-state index in [0.29, 0.717) is 38.2 Å². The van der Waals surface area contributed by atoms with Crippen LogP contribution in [0.5, 0.6) is 11.5 Å². The largest absolute Gasteiger partial charge is 0.497 e. The summed E-state index contributed by atoms with van der Waals surface area (Å²) in [5.41, 5.74) is 1.57. The molecule has 2 amide bonds. The van der Waals surface area contributed by atoms with Crippen molar-refractivity contribution in [3.05, 3.63) is 98.4 Å². The molecule has 0 spiro atoms. The van der Waals surface area contributed by atoms with E-state index in [9.17, 15) is 14.4 Å². The standard InChI is InChI=1S/C25H17Cl2NO5S/c1-32-17-11-7-16(8-12-17)24(30)33-18-9-5-15(6-10-18)13-22-23(29)28(25(31)34-22)14-19-20(26)3-2-4-21(19)27/h2-13H,14H2,1H3/b22-13+. The highest BCUT2D eigenvalue weighted by Crippen LogP contribution is 2.35. The molecule has 1 aliphatic heterocycles. The van der Waals surface area contributed by atoms with Crippen LogP contribution in [0.4, 0.5) is 4.79 Å². The third-order valence-corrected chi connectivity index (χ3v) is 6.58. The molecule has 1 saturated heterocycles. The molecule has 0 aromatic heterocycles. The lowest BCUT2D eigenvalue weighted by atomic mass is 10.2. The lowest BCUT2D eigenvalue weighted by Gasteiger charge is -2.14. The number of nitrogens with zero attached hydrogens (tertiary/aromatic N) is 1. The number of imide groups is 1. The highest BCUT2D eigenvalue weighted by molar-refractivity contribution is 8.18. The molecule has 4 rings (SSSR count). The second kappa shape index (κ2) is 10.3. The van der Waals surface area contributed by atoms with Crippen molar-refractivity contribution in [2.24, 2.45) is 0 Å². The molecular formula is C25H17Cl2NO5S. The van der Waals surface area contributed by atoms with Crippen molar-refractivity contribution in [1.29, 1.82) is 0 Å². The molecule has 0 unspecified atom stereocenters. The average Bonchev–Trinajstić information content (AvgIpc) is 3.09. The third kappa shape index (κ3) is 5.28. The second-order valence-electron chi connectivity index (χ2n) is 7.16. The van der Waals surface area contributed by atoms with Crippen LogP contribution < -0.4 is 9.47 Å². The Hall–Kier alpha value is -3.26. The molecular weight excluding hydrogens is 497 g/mol. The number of amides is 2. The van der Waals surface area contributed by atoms with Gasteiger partial charge in [0.25, 0.3) is 11.1 Å². The van der Waals surface area contributed by atoms with Gasteiger partial charge in [0.1, 0.15) is 11.5 Å². The van der Waals surface area contributed by atoms with Crippen molar-refractivity contribution in [1.82, 2.24) is 4.90 Å². The fraction of sp³-hybridized carbons (Fsp3) is 0.0800. The number of rotatable bonds is 6. The van der Waals surface area contributed by atoms with Gasteiger partial charge in [-0.3, -0.25) is 14.5 Å². The summed E-state index contributed by atoms with van der Waals surface area (Å²) in [5, 5.41) is 0.364. The summed E-state index contributed by atoms with van der Waals surface area (Å²) in [6.45, 7) is -0.0131. The molecule has 0 N–H and O–H groups in total. The van der Waals surface area contributed by atoms with E-state index in [1.54, 1.807) is 79.9 Å². The maximum atomic E-state index is 12.8.